The van der Waals surface area contributed by atoms with E-state index in [9.17, 15) is 30.6 Å². The minimum Gasteiger partial charge on any atom is -0.388 e. The van der Waals surface area contributed by atoms with E-state index in [1.54, 1.807) is 0 Å². The zero-order valence-corrected chi connectivity index (χ0v) is 10.8. The van der Waals surface area contributed by atoms with E-state index in [0.717, 1.165) is 0 Å². The first-order chi connectivity index (χ1) is 9.32. The molecule has 118 valence electrons. The lowest BCUT2D eigenvalue weighted by molar-refractivity contribution is -0.339. The van der Waals surface area contributed by atoms with E-state index >= 15 is 0 Å². The summed E-state index contributed by atoms with van der Waals surface area (Å²) in [5, 5.41) is 57.7. The first-order valence-electron chi connectivity index (χ1n) is 6.34. The van der Waals surface area contributed by atoms with Gasteiger partial charge in [0.1, 0.15) is 36.6 Å². The van der Waals surface area contributed by atoms with Crippen LogP contribution in [0.2, 0.25) is 0 Å². The van der Waals surface area contributed by atoms with Gasteiger partial charge < -0.3 is 44.8 Å². The molecule has 0 aromatic rings. The van der Waals surface area contributed by atoms with E-state index in [0.29, 0.717) is 0 Å². The molecule has 9 atom stereocenters. The number of hydrogen-bond acceptors (Lipinski definition) is 9. The van der Waals surface area contributed by atoms with Crippen molar-refractivity contribution in [3.63, 3.8) is 0 Å². The molecule has 6 N–H and O–H groups in total. The van der Waals surface area contributed by atoms with Crippen LogP contribution in [0.4, 0.5) is 0 Å². The normalized spacial score (nSPS) is 53.9. The molecule has 2 saturated heterocycles. The second kappa shape index (κ2) is 6.18. The monoisotopic (exact) mass is 296 g/mol. The second-order valence-electron chi connectivity index (χ2n) is 5.06. The molecular weight excluding hydrogens is 276 g/mol. The fraction of sp³-hybridized carbons (Fsp3) is 1.00. The summed E-state index contributed by atoms with van der Waals surface area (Å²) in [5.41, 5.74) is 0. The fourth-order valence-corrected chi connectivity index (χ4v) is 2.23. The predicted molar refractivity (Wildman–Crippen MR) is 61.2 cm³/mol. The molecule has 9 nitrogen and oxygen atoms in total. The largest absolute Gasteiger partial charge is 0.388 e. The molecule has 2 aliphatic rings. The summed E-state index contributed by atoms with van der Waals surface area (Å²) in [5.74, 6) is 0. The Morgan fingerprint density at radius 2 is 1.55 bits per heavy atom. The van der Waals surface area contributed by atoms with Crippen LogP contribution in [0.5, 0.6) is 0 Å². The van der Waals surface area contributed by atoms with E-state index in [4.69, 9.17) is 14.2 Å². The molecule has 0 aromatic heterocycles. The third kappa shape index (κ3) is 2.96. The van der Waals surface area contributed by atoms with Crippen molar-refractivity contribution < 1.29 is 44.8 Å². The van der Waals surface area contributed by atoms with E-state index in [2.05, 4.69) is 0 Å². The van der Waals surface area contributed by atoms with Crippen LogP contribution in [0, 0.1) is 0 Å². The number of ether oxygens (including phenoxy) is 3. The van der Waals surface area contributed by atoms with Gasteiger partial charge in [0, 0.05) is 0 Å². The van der Waals surface area contributed by atoms with Gasteiger partial charge >= 0.3 is 0 Å². The van der Waals surface area contributed by atoms with Gasteiger partial charge in [-0.25, -0.2) is 0 Å². The van der Waals surface area contributed by atoms with E-state index in [1.807, 2.05) is 0 Å². The van der Waals surface area contributed by atoms with Crippen molar-refractivity contribution in [2.45, 2.75) is 62.2 Å². The molecule has 0 spiro atoms. The molecular formula is C11H20O9. The Labute approximate surface area is 114 Å². The summed E-state index contributed by atoms with van der Waals surface area (Å²) in [6.45, 7) is 1.21. The summed E-state index contributed by atoms with van der Waals surface area (Å²) in [6.07, 6.45) is -12.0. The molecule has 0 radical (unpaired) electrons. The van der Waals surface area contributed by atoms with Crippen molar-refractivity contribution in [1.29, 1.82) is 0 Å². The standard InChI is InChI=1S/C11H20O9/c1-3-5(13)9(8(16)10(17)19-3)20-11-7(15)6(14)4(12)2-18-11/h3-17H,2H2,1H3/t3-,4-,5+,6+,7-,8-,9+,10?,11+/m1/s1. The maximum atomic E-state index is 9.89. The van der Waals surface area contributed by atoms with Gasteiger partial charge in [0.2, 0.25) is 0 Å². The Kier molecular flexibility index (Phi) is 4.95. The first kappa shape index (κ1) is 16.0. The van der Waals surface area contributed by atoms with Crippen LogP contribution in [0.25, 0.3) is 0 Å². The van der Waals surface area contributed by atoms with Crippen LogP contribution in [-0.4, -0.2) is 92.6 Å². The van der Waals surface area contributed by atoms with Crippen LogP contribution >= 0.6 is 0 Å². The number of hydrogen-bond donors (Lipinski definition) is 6. The summed E-state index contributed by atoms with van der Waals surface area (Å²) < 4.78 is 15.1. The number of aliphatic hydroxyl groups is 6. The molecule has 9 heteroatoms. The maximum absolute atomic E-state index is 9.89. The van der Waals surface area contributed by atoms with Gasteiger partial charge in [-0.1, -0.05) is 0 Å². The first-order valence-corrected chi connectivity index (χ1v) is 6.34. The summed E-state index contributed by atoms with van der Waals surface area (Å²) in [4.78, 5) is 0. The molecule has 0 aliphatic carbocycles. The van der Waals surface area contributed by atoms with Crippen molar-refractivity contribution >= 4 is 0 Å². The van der Waals surface area contributed by atoms with E-state index in [-0.39, 0.29) is 6.61 Å². The molecule has 2 heterocycles. The lowest BCUT2D eigenvalue weighted by Gasteiger charge is -2.43. The number of aliphatic hydroxyl groups excluding tert-OH is 6. The summed E-state index contributed by atoms with van der Waals surface area (Å²) in [7, 11) is 0. The van der Waals surface area contributed by atoms with Crippen LogP contribution in [0.3, 0.4) is 0 Å². The van der Waals surface area contributed by atoms with Gasteiger partial charge in [-0.3, -0.25) is 0 Å². The van der Waals surface area contributed by atoms with Crippen molar-refractivity contribution in [3.8, 4) is 0 Å². The molecule has 2 aliphatic heterocycles. The van der Waals surface area contributed by atoms with Crippen molar-refractivity contribution in [2.75, 3.05) is 6.61 Å². The SMILES string of the molecule is C[C@H]1OC(O)[C@H](O)[C@@H](O[C@@H]2OC[C@@H](O)[C@H](O)[C@H]2O)[C@H]1O. The molecule has 0 amide bonds. The Morgan fingerprint density at radius 1 is 0.900 bits per heavy atom. The summed E-state index contributed by atoms with van der Waals surface area (Å²) in [6, 6.07) is 0. The highest BCUT2D eigenvalue weighted by atomic mass is 16.7. The van der Waals surface area contributed by atoms with Gasteiger partial charge in [0.15, 0.2) is 12.6 Å². The van der Waals surface area contributed by atoms with Crippen LogP contribution in [0.15, 0.2) is 0 Å². The molecule has 1 unspecified atom stereocenters. The molecule has 20 heavy (non-hydrogen) atoms. The maximum Gasteiger partial charge on any atom is 0.186 e. The summed E-state index contributed by atoms with van der Waals surface area (Å²) >= 11 is 0. The van der Waals surface area contributed by atoms with Crippen molar-refractivity contribution in [2.24, 2.45) is 0 Å². The molecule has 0 saturated carbocycles. The van der Waals surface area contributed by atoms with Gasteiger partial charge in [-0.05, 0) is 6.92 Å². The third-order valence-electron chi connectivity index (χ3n) is 3.55. The molecule has 2 rings (SSSR count). The molecule has 2 fully saturated rings. The van der Waals surface area contributed by atoms with Gasteiger partial charge in [0.25, 0.3) is 0 Å². The Bertz CT molecular complexity index is 313. The zero-order chi connectivity index (χ0) is 15.0. The van der Waals surface area contributed by atoms with E-state index < -0.39 is 55.3 Å². The molecule has 0 aromatic carbocycles. The highest BCUT2D eigenvalue weighted by Crippen LogP contribution is 2.26. The van der Waals surface area contributed by atoms with E-state index in [1.165, 1.54) is 6.92 Å². The minimum absolute atomic E-state index is 0.267. The van der Waals surface area contributed by atoms with Gasteiger partial charge in [-0.2, -0.15) is 0 Å². The highest BCUT2D eigenvalue weighted by molar-refractivity contribution is 4.90. The predicted octanol–water partition coefficient (Wildman–Crippen LogP) is -3.73. The Morgan fingerprint density at radius 3 is 2.20 bits per heavy atom. The lowest BCUT2D eigenvalue weighted by Crippen LogP contribution is -2.61. The Balaban J connectivity index is 2.04. The fourth-order valence-electron chi connectivity index (χ4n) is 2.23. The lowest BCUT2D eigenvalue weighted by atomic mass is 9.99. The van der Waals surface area contributed by atoms with Gasteiger partial charge in [-0.15, -0.1) is 0 Å². The van der Waals surface area contributed by atoms with Crippen molar-refractivity contribution in [3.05, 3.63) is 0 Å². The number of rotatable bonds is 2. The van der Waals surface area contributed by atoms with Gasteiger partial charge in [0.05, 0.1) is 12.7 Å². The molecule has 0 bridgehead atoms. The average molecular weight is 296 g/mol. The quantitative estimate of drug-likeness (QED) is 0.302. The highest BCUT2D eigenvalue weighted by Gasteiger charge is 2.47. The Hall–Kier alpha value is -0.360. The van der Waals surface area contributed by atoms with Crippen LogP contribution in [-0.2, 0) is 14.2 Å². The third-order valence-corrected chi connectivity index (χ3v) is 3.55. The average Bonchev–Trinajstić information content (AvgIpc) is 2.41. The second-order valence-corrected chi connectivity index (χ2v) is 5.06. The van der Waals surface area contributed by atoms with Crippen molar-refractivity contribution in [1.82, 2.24) is 0 Å². The zero-order valence-electron chi connectivity index (χ0n) is 10.8. The van der Waals surface area contributed by atoms with Crippen LogP contribution < -0.4 is 0 Å². The minimum atomic E-state index is -1.55. The topological polar surface area (TPSA) is 149 Å². The smallest absolute Gasteiger partial charge is 0.186 e. The van der Waals surface area contributed by atoms with Crippen LogP contribution in [0.1, 0.15) is 6.92 Å².